The molecule has 0 N–H and O–H groups in total. The summed E-state index contributed by atoms with van der Waals surface area (Å²) in [7, 11) is 3.29. The third-order valence-electron chi connectivity index (χ3n) is 4.84. The summed E-state index contributed by atoms with van der Waals surface area (Å²) >= 11 is 6.03. The molecule has 5 nitrogen and oxygen atoms in total. The van der Waals surface area contributed by atoms with E-state index in [1.165, 1.54) is 5.56 Å². The van der Waals surface area contributed by atoms with E-state index < -0.39 is 0 Å². The highest BCUT2D eigenvalue weighted by molar-refractivity contribution is 6.30. The monoisotopic (exact) mass is 369 g/mol. The van der Waals surface area contributed by atoms with Crippen molar-refractivity contribution >= 4 is 11.6 Å². The van der Waals surface area contributed by atoms with Crippen LogP contribution in [0.25, 0.3) is 22.8 Å². The van der Waals surface area contributed by atoms with E-state index in [-0.39, 0.29) is 5.54 Å². The molecule has 1 aliphatic heterocycles. The minimum absolute atomic E-state index is 0.180. The summed E-state index contributed by atoms with van der Waals surface area (Å²) in [6.07, 6.45) is 0.842. The molecular formula is C20H20ClN3O2. The molecule has 26 heavy (non-hydrogen) atoms. The number of rotatable bonds is 3. The second kappa shape index (κ2) is 6.02. The van der Waals surface area contributed by atoms with Gasteiger partial charge in [0.2, 0.25) is 0 Å². The van der Waals surface area contributed by atoms with E-state index in [2.05, 4.69) is 28.6 Å². The molecule has 0 saturated heterocycles. The number of hydrogen-bond acceptors (Lipinski definition) is 4. The highest BCUT2D eigenvalue weighted by atomic mass is 35.5. The topological polar surface area (TPSA) is 49.2 Å². The lowest BCUT2D eigenvalue weighted by Gasteiger charge is -2.35. The first-order chi connectivity index (χ1) is 12.4. The first kappa shape index (κ1) is 16.9. The van der Waals surface area contributed by atoms with Gasteiger partial charge in [0.25, 0.3) is 0 Å². The summed E-state index contributed by atoms with van der Waals surface area (Å²) < 4.78 is 13.1. The zero-order valence-electron chi connectivity index (χ0n) is 15.2. The van der Waals surface area contributed by atoms with Crippen LogP contribution in [0.1, 0.15) is 19.4 Å². The molecule has 2 aromatic carbocycles. The Balaban J connectivity index is 1.94. The predicted molar refractivity (Wildman–Crippen MR) is 102 cm³/mol. The summed E-state index contributed by atoms with van der Waals surface area (Å²) in [5, 5.41) is 9.70. The van der Waals surface area contributed by atoms with Crippen molar-refractivity contribution in [1.29, 1.82) is 0 Å². The highest BCUT2D eigenvalue weighted by Crippen LogP contribution is 2.44. The molecule has 0 fully saturated rings. The van der Waals surface area contributed by atoms with Crippen molar-refractivity contribution in [1.82, 2.24) is 14.8 Å². The lowest BCUT2D eigenvalue weighted by molar-refractivity contribution is 0.341. The number of aromatic nitrogens is 3. The van der Waals surface area contributed by atoms with Gasteiger partial charge in [0.15, 0.2) is 23.1 Å². The third-order valence-corrected chi connectivity index (χ3v) is 5.10. The molecule has 3 aromatic rings. The summed E-state index contributed by atoms with van der Waals surface area (Å²) in [5.74, 6) is 3.09. The summed E-state index contributed by atoms with van der Waals surface area (Å²) in [6.45, 7) is 4.39. The van der Waals surface area contributed by atoms with Gasteiger partial charge < -0.3 is 14.0 Å². The van der Waals surface area contributed by atoms with Gasteiger partial charge in [-0.05, 0) is 62.2 Å². The van der Waals surface area contributed by atoms with Crippen molar-refractivity contribution in [3.05, 3.63) is 47.0 Å². The van der Waals surface area contributed by atoms with Crippen molar-refractivity contribution in [2.24, 2.45) is 0 Å². The summed E-state index contributed by atoms with van der Waals surface area (Å²) in [4.78, 5) is 0. The van der Waals surface area contributed by atoms with Crippen LogP contribution in [0.15, 0.2) is 36.4 Å². The molecule has 1 aliphatic rings. The number of methoxy groups -OCH3 is 2. The van der Waals surface area contributed by atoms with Crippen LogP contribution in [-0.4, -0.2) is 29.0 Å². The Labute approximate surface area is 157 Å². The van der Waals surface area contributed by atoms with Gasteiger partial charge in [-0.25, -0.2) is 0 Å². The fourth-order valence-corrected chi connectivity index (χ4v) is 3.76. The first-order valence-corrected chi connectivity index (χ1v) is 8.79. The average Bonchev–Trinajstić information content (AvgIpc) is 3.07. The van der Waals surface area contributed by atoms with Crippen LogP contribution in [0.4, 0.5) is 0 Å². The number of halogens is 1. The molecule has 4 rings (SSSR count). The molecule has 0 spiro atoms. The molecule has 0 radical (unpaired) electrons. The van der Waals surface area contributed by atoms with Gasteiger partial charge in [0, 0.05) is 21.7 Å². The lowest BCUT2D eigenvalue weighted by atomic mass is 9.86. The van der Waals surface area contributed by atoms with Gasteiger partial charge in [-0.15, -0.1) is 10.2 Å². The minimum Gasteiger partial charge on any atom is -0.493 e. The number of ether oxygens (including phenoxy) is 2. The lowest BCUT2D eigenvalue weighted by Crippen LogP contribution is -2.33. The molecule has 0 saturated carbocycles. The van der Waals surface area contributed by atoms with E-state index in [0.29, 0.717) is 10.8 Å². The van der Waals surface area contributed by atoms with Crippen molar-refractivity contribution in [2.45, 2.75) is 25.8 Å². The predicted octanol–water partition coefficient (Wildman–Crippen LogP) is 4.57. The second-order valence-electron chi connectivity index (χ2n) is 7.04. The Bertz CT molecular complexity index is 977. The number of benzene rings is 2. The Morgan fingerprint density at radius 2 is 1.58 bits per heavy atom. The van der Waals surface area contributed by atoms with Crippen LogP contribution in [0.5, 0.6) is 11.5 Å². The zero-order valence-corrected chi connectivity index (χ0v) is 16.0. The van der Waals surface area contributed by atoms with Gasteiger partial charge in [0.1, 0.15) is 0 Å². The Kier molecular flexibility index (Phi) is 3.92. The maximum atomic E-state index is 6.03. The molecule has 0 unspecified atom stereocenters. The summed E-state index contributed by atoms with van der Waals surface area (Å²) in [5.41, 5.74) is 3.01. The molecule has 0 atom stereocenters. The maximum absolute atomic E-state index is 6.03. The van der Waals surface area contributed by atoms with Crippen molar-refractivity contribution in [3.8, 4) is 34.3 Å². The molecule has 0 bridgehead atoms. The van der Waals surface area contributed by atoms with Crippen LogP contribution in [-0.2, 0) is 12.0 Å². The van der Waals surface area contributed by atoms with E-state index in [1.807, 2.05) is 36.4 Å². The minimum atomic E-state index is -0.180. The van der Waals surface area contributed by atoms with Crippen molar-refractivity contribution in [2.75, 3.05) is 14.2 Å². The zero-order chi connectivity index (χ0) is 18.5. The van der Waals surface area contributed by atoms with E-state index in [4.69, 9.17) is 21.1 Å². The third kappa shape index (κ3) is 2.54. The Morgan fingerprint density at radius 3 is 2.23 bits per heavy atom. The van der Waals surface area contributed by atoms with Gasteiger partial charge >= 0.3 is 0 Å². The van der Waals surface area contributed by atoms with Crippen molar-refractivity contribution < 1.29 is 9.47 Å². The van der Waals surface area contributed by atoms with Gasteiger partial charge in [0.05, 0.1) is 14.2 Å². The Hall–Kier alpha value is -2.53. The molecule has 0 amide bonds. The molecule has 0 aliphatic carbocycles. The van der Waals surface area contributed by atoms with E-state index in [9.17, 15) is 0 Å². The molecular weight excluding hydrogens is 350 g/mol. The molecule has 1 aromatic heterocycles. The largest absolute Gasteiger partial charge is 0.493 e. The van der Waals surface area contributed by atoms with Crippen LogP contribution in [0.2, 0.25) is 5.02 Å². The smallest absolute Gasteiger partial charge is 0.165 e. The van der Waals surface area contributed by atoms with E-state index in [0.717, 1.165) is 34.9 Å². The van der Waals surface area contributed by atoms with Gasteiger partial charge in [-0.2, -0.15) is 0 Å². The average molecular weight is 370 g/mol. The van der Waals surface area contributed by atoms with Crippen LogP contribution >= 0.6 is 11.6 Å². The summed E-state index contributed by atoms with van der Waals surface area (Å²) in [6, 6.07) is 11.7. The first-order valence-electron chi connectivity index (χ1n) is 8.41. The molecule has 6 heteroatoms. The Morgan fingerprint density at radius 1 is 0.962 bits per heavy atom. The van der Waals surface area contributed by atoms with Crippen LogP contribution in [0.3, 0.4) is 0 Å². The second-order valence-corrected chi connectivity index (χ2v) is 7.48. The van der Waals surface area contributed by atoms with Crippen LogP contribution in [0, 0.1) is 0 Å². The fraction of sp³-hybridized carbons (Fsp3) is 0.300. The van der Waals surface area contributed by atoms with Crippen molar-refractivity contribution in [3.63, 3.8) is 0 Å². The number of hydrogen-bond donors (Lipinski definition) is 0. The van der Waals surface area contributed by atoms with Gasteiger partial charge in [-0.3, -0.25) is 0 Å². The normalized spacial score (nSPS) is 14.5. The van der Waals surface area contributed by atoms with E-state index >= 15 is 0 Å². The number of fused-ring (bicyclic) bond motifs is 3. The van der Waals surface area contributed by atoms with Gasteiger partial charge in [-0.1, -0.05) is 11.6 Å². The number of nitrogens with zero attached hydrogens (tertiary/aromatic N) is 3. The SMILES string of the molecule is COc1cc2c(cc1OC)-c1nnc(-c3ccc(Cl)cc3)n1C(C)(C)C2. The quantitative estimate of drug-likeness (QED) is 0.678. The molecule has 134 valence electrons. The highest BCUT2D eigenvalue weighted by Gasteiger charge is 2.35. The van der Waals surface area contributed by atoms with E-state index in [1.54, 1.807) is 14.2 Å². The van der Waals surface area contributed by atoms with Crippen LogP contribution < -0.4 is 9.47 Å². The maximum Gasteiger partial charge on any atom is 0.165 e. The fourth-order valence-electron chi connectivity index (χ4n) is 3.64. The standard InChI is InChI=1S/C20H20ClN3O2/c1-20(2)11-13-9-16(25-3)17(26-4)10-15(13)19-23-22-18(24(19)20)12-5-7-14(21)8-6-12/h5-10H,11H2,1-4H3. The molecule has 2 heterocycles.